The van der Waals surface area contributed by atoms with Crippen molar-refractivity contribution in [2.45, 2.75) is 18.7 Å². The van der Waals surface area contributed by atoms with Gasteiger partial charge in [0.05, 0.1) is 5.75 Å². The van der Waals surface area contributed by atoms with Gasteiger partial charge in [0.2, 0.25) is 5.91 Å². The van der Waals surface area contributed by atoms with Crippen LogP contribution in [0.3, 0.4) is 0 Å². The summed E-state index contributed by atoms with van der Waals surface area (Å²) >= 11 is 1.53. The highest BCUT2D eigenvalue weighted by Crippen LogP contribution is 2.32. The zero-order chi connectivity index (χ0) is 16.2. The molecule has 1 N–H and O–H groups in total. The molecule has 4 nitrogen and oxygen atoms in total. The van der Waals surface area contributed by atoms with E-state index in [0.29, 0.717) is 24.7 Å². The number of hydrogen-bond donors (Lipinski definition) is 1. The number of nitrogens with one attached hydrogen (secondary N) is 1. The average molecular weight is 329 g/mol. The van der Waals surface area contributed by atoms with Crippen molar-refractivity contribution in [3.05, 3.63) is 47.5 Å². The number of ether oxygens (including phenoxy) is 2. The Morgan fingerprint density at radius 3 is 2.61 bits per heavy atom. The maximum absolute atomic E-state index is 12.1. The second-order valence-corrected chi connectivity index (χ2v) is 6.49. The predicted molar refractivity (Wildman–Crippen MR) is 92.7 cm³/mol. The quantitative estimate of drug-likeness (QED) is 0.867. The fourth-order valence-corrected chi connectivity index (χ4v) is 3.07. The summed E-state index contributed by atoms with van der Waals surface area (Å²) in [6, 6.07) is 11.7. The van der Waals surface area contributed by atoms with Crippen molar-refractivity contribution in [3.8, 4) is 11.5 Å². The Bertz CT molecular complexity index is 730. The number of thioether (sulfide) groups is 1. The molecule has 5 heteroatoms. The van der Waals surface area contributed by atoms with E-state index in [2.05, 4.69) is 31.3 Å². The Hall–Kier alpha value is -2.14. The minimum Gasteiger partial charge on any atom is -0.486 e. The fraction of sp³-hybridized carbons (Fsp3) is 0.278. The Morgan fingerprint density at radius 2 is 1.83 bits per heavy atom. The largest absolute Gasteiger partial charge is 0.486 e. The van der Waals surface area contributed by atoms with Crippen LogP contribution in [0.5, 0.6) is 11.5 Å². The summed E-state index contributed by atoms with van der Waals surface area (Å²) < 4.78 is 11.0. The zero-order valence-corrected chi connectivity index (χ0v) is 14.0. The van der Waals surface area contributed by atoms with Crippen LogP contribution in [0, 0.1) is 13.8 Å². The number of hydrogen-bond acceptors (Lipinski definition) is 4. The van der Waals surface area contributed by atoms with Gasteiger partial charge in [0.25, 0.3) is 0 Å². The highest BCUT2D eigenvalue weighted by atomic mass is 32.2. The van der Waals surface area contributed by atoms with Crippen molar-refractivity contribution >= 4 is 23.4 Å². The van der Waals surface area contributed by atoms with E-state index in [-0.39, 0.29) is 5.91 Å². The number of benzene rings is 2. The number of fused-ring (bicyclic) bond motifs is 1. The minimum absolute atomic E-state index is 0.0371. The highest BCUT2D eigenvalue weighted by Gasteiger charge is 2.13. The summed E-state index contributed by atoms with van der Waals surface area (Å²) in [4.78, 5) is 13.2. The van der Waals surface area contributed by atoms with Crippen molar-refractivity contribution in [2.75, 3.05) is 24.3 Å². The summed E-state index contributed by atoms with van der Waals surface area (Å²) in [6.07, 6.45) is 0. The highest BCUT2D eigenvalue weighted by molar-refractivity contribution is 8.00. The van der Waals surface area contributed by atoms with Crippen LogP contribution in [0.4, 0.5) is 5.69 Å². The lowest BCUT2D eigenvalue weighted by Crippen LogP contribution is -2.17. The first-order chi connectivity index (χ1) is 11.1. The molecule has 3 rings (SSSR count). The smallest absolute Gasteiger partial charge is 0.234 e. The first-order valence-electron chi connectivity index (χ1n) is 7.51. The third-order valence-corrected chi connectivity index (χ3v) is 4.67. The van der Waals surface area contributed by atoms with Gasteiger partial charge in [-0.25, -0.2) is 0 Å². The van der Waals surface area contributed by atoms with Gasteiger partial charge in [-0.2, -0.15) is 0 Å². The Balaban J connectivity index is 1.57. The van der Waals surface area contributed by atoms with Crippen molar-refractivity contribution < 1.29 is 14.3 Å². The maximum atomic E-state index is 12.1. The SMILES string of the molecule is Cc1ccc(SCC(=O)Nc2ccc3c(c2)OCCO3)cc1C. The van der Waals surface area contributed by atoms with Gasteiger partial charge in [-0.05, 0) is 49.2 Å². The number of aryl methyl sites for hydroxylation is 2. The standard InChI is InChI=1S/C18H19NO3S/c1-12-3-5-15(9-13(12)2)23-11-18(20)19-14-4-6-16-17(10-14)22-8-7-21-16/h3-6,9-10H,7-8,11H2,1-2H3,(H,19,20). The van der Waals surface area contributed by atoms with Gasteiger partial charge in [0.1, 0.15) is 13.2 Å². The van der Waals surface area contributed by atoms with Gasteiger partial charge in [0, 0.05) is 16.6 Å². The number of carbonyl (C=O) groups is 1. The molecule has 0 saturated heterocycles. The molecular weight excluding hydrogens is 310 g/mol. The molecule has 0 spiro atoms. The number of carbonyl (C=O) groups excluding carboxylic acids is 1. The summed E-state index contributed by atoms with van der Waals surface area (Å²) in [5.41, 5.74) is 3.22. The zero-order valence-electron chi connectivity index (χ0n) is 13.2. The van der Waals surface area contributed by atoms with Crippen LogP contribution in [0.25, 0.3) is 0 Å². The molecule has 2 aromatic rings. The molecule has 0 aromatic heterocycles. The van der Waals surface area contributed by atoms with Crippen LogP contribution in [-0.2, 0) is 4.79 Å². The number of amides is 1. The average Bonchev–Trinajstić information content (AvgIpc) is 2.56. The third-order valence-electron chi connectivity index (χ3n) is 3.67. The van der Waals surface area contributed by atoms with Crippen molar-refractivity contribution in [3.63, 3.8) is 0 Å². The topological polar surface area (TPSA) is 47.6 Å². The van der Waals surface area contributed by atoms with Crippen LogP contribution in [-0.4, -0.2) is 24.9 Å². The van der Waals surface area contributed by atoms with E-state index in [1.807, 2.05) is 18.2 Å². The van der Waals surface area contributed by atoms with Crippen molar-refractivity contribution in [2.24, 2.45) is 0 Å². The van der Waals surface area contributed by atoms with E-state index in [9.17, 15) is 4.79 Å². The molecule has 0 atom stereocenters. The fourth-order valence-electron chi connectivity index (χ4n) is 2.27. The predicted octanol–water partition coefficient (Wildman–Crippen LogP) is 3.81. The Labute approximate surface area is 140 Å². The molecule has 1 amide bonds. The van der Waals surface area contributed by atoms with E-state index in [0.717, 1.165) is 16.3 Å². The third kappa shape index (κ3) is 3.99. The lowest BCUT2D eigenvalue weighted by Gasteiger charge is -2.19. The van der Waals surface area contributed by atoms with Gasteiger partial charge >= 0.3 is 0 Å². The Morgan fingerprint density at radius 1 is 1.04 bits per heavy atom. The van der Waals surface area contributed by atoms with Crippen LogP contribution >= 0.6 is 11.8 Å². The monoisotopic (exact) mass is 329 g/mol. The molecule has 0 saturated carbocycles. The number of anilines is 1. The van der Waals surface area contributed by atoms with Crippen LogP contribution in [0.15, 0.2) is 41.3 Å². The van der Waals surface area contributed by atoms with Gasteiger partial charge < -0.3 is 14.8 Å². The van der Waals surface area contributed by atoms with Crippen LogP contribution in [0.1, 0.15) is 11.1 Å². The van der Waals surface area contributed by atoms with E-state index in [1.165, 1.54) is 22.9 Å². The normalized spacial score (nSPS) is 12.8. The van der Waals surface area contributed by atoms with E-state index < -0.39 is 0 Å². The first-order valence-corrected chi connectivity index (χ1v) is 8.50. The van der Waals surface area contributed by atoms with E-state index >= 15 is 0 Å². The molecule has 1 aliphatic heterocycles. The molecule has 1 heterocycles. The molecule has 1 aliphatic rings. The molecule has 0 fully saturated rings. The van der Waals surface area contributed by atoms with Gasteiger partial charge in [-0.15, -0.1) is 11.8 Å². The first kappa shape index (κ1) is 15.7. The molecule has 23 heavy (non-hydrogen) atoms. The van der Waals surface area contributed by atoms with Crippen molar-refractivity contribution in [1.29, 1.82) is 0 Å². The maximum Gasteiger partial charge on any atom is 0.234 e. The molecule has 2 aromatic carbocycles. The molecule has 0 bridgehead atoms. The van der Waals surface area contributed by atoms with Gasteiger partial charge in [0.15, 0.2) is 11.5 Å². The Kier molecular flexibility index (Phi) is 4.76. The molecule has 0 aliphatic carbocycles. The van der Waals surface area contributed by atoms with Gasteiger partial charge in [-0.3, -0.25) is 4.79 Å². The van der Waals surface area contributed by atoms with E-state index in [4.69, 9.17) is 9.47 Å². The van der Waals surface area contributed by atoms with Crippen LogP contribution < -0.4 is 14.8 Å². The summed E-state index contributed by atoms with van der Waals surface area (Å²) in [5, 5.41) is 2.89. The number of rotatable bonds is 4. The second kappa shape index (κ2) is 6.96. The molecule has 0 radical (unpaired) electrons. The summed E-state index contributed by atoms with van der Waals surface area (Å²) in [7, 11) is 0. The molecular formula is C18H19NO3S. The summed E-state index contributed by atoms with van der Waals surface area (Å²) in [5.74, 6) is 1.73. The van der Waals surface area contributed by atoms with E-state index in [1.54, 1.807) is 6.07 Å². The molecule has 0 unspecified atom stereocenters. The minimum atomic E-state index is -0.0371. The lowest BCUT2D eigenvalue weighted by molar-refractivity contribution is -0.113. The summed E-state index contributed by atoms with van der Waals surface area (Å²) in [6.45, 7) is 5.26. The molecule has 120 valence electrons. The van der Waals surface area contributed by atoms with Crippen LogP contribution in [0.2, 0.25) is 0 Å². The van der Waals surface area contributed by atoms with Crippen molar-refractivity contribution in [1.82, 2.24) is 0 Å². The second-order valence-electron chi connectivity index (χ2n) is 5.44. The lowest BCUT2D eigenvalue weighted by atomic mass is 10.1. The van der Waals surface area contributed by atoms with Gasteiger partial charge in [-0.1, -0.05) is 6.07 Å².